The Bertz CT molecular complexity index is 1180. The van der Waals surface area contributed by atoms with E-state index in [0.29, 0.717) is 5.75 Å². The molecule has 0 fully saturated rings. The number of nitrogens with two attached hydrogens (primary N) is 1. The van der Waals surface area contributed by atoms with E-state index in [-0.39, 0.29) is 37.1 Å². The van der Waals surface area contributed by atoms with Gasteiger partial charge in [0, 0.05) is 5.56 Å². The first kappa shape index (κ1) is 20.5. The monoisotopic (exact) mass is 437 g/mol. The third-order valence-corrected chi connectivity index (χ3v) is 5.76. The van der Waals surface area contributed by atoms with Crippen LogP contribution in [0.25, 0.3) is 11.2 Å². The van der Waals surface area contributed by atoms with E-state index in [1.807, 2.05) is 25.1 Å². The fourth-order valence-electron chi connectivity index (χ4n) is 2.89. The van der Waals surface area contributed by atoms with Crippen LogP contribution in [0.4, 0.5) is 5.95 Å². The number of para-hydroxylation sites is 1. The number of aliphatic hydroxyl groups excluding tert-OH is 1. The number of hydrogen-bond acceptors (Lipinski definition) is 10. The van der Waals surface area contributed by atoms with Gasteiger partial charge in [-0.2, -0.15) is 4.98 Å². The second-order valence-corrected chi connectivity index (χ2v) is 8.20. The minimum absolute atomic E-state index is 0.0587. The van der Waals surface area contributed by atoms with Crippen molar-refractivity contribution in [2.45, 2.75) is 26.4 Å². The molecule has 12 nitrogen and oxygen atoms in total. The van der Waals surface area contributed by atoms with E-state index < -0.39 is 26.1 Å². The van der Waals surface area contributed by atoms with Crippen LogP contribution in [0, 0.1) is 6.92 Å². The van der Waals surface area contributed by atoms with E-state index in [1.165, 1.54) is 10.9 Å². The van der Waals surface area contributed by atoms with Gasteiger partial charge in [-0.15, -0.1) is 0 Å². The lowest BCUT2D eigenvalue weighted by Gasteiger charge is -2.27. The number of anilines is 1. The molecule has 30 heavy (non-hydrogen) atoms. The van der Waals surface area contributed by atoms with Crippen molar-refractivity contribution in [1.29, 1.82) is 0 Å². The van der Waals surface area contributed by atoms with E-state index in [0.717, 1.165) is 11.1 Å². The van der Waals surface area contributed by atoms with Gasteiger partial charge >= 0.3 is 7.82 Å². The van der Waals surface area contributed by atoms with Gasteiger partial charge in [-0.25, -0.2) is 9.55 Å². The lowest BCUT2D eigenvalue weighted by atomic mass is 10.1. The summed E-state index contributed by atoms with van der Waals surface area (Å²) < 4.78 is 35.9. The first-order valence-electron chi connectivity index (χ1n) is 8.99. The Labute approximate surface area is 170 Å². The molecule has 0 bridgehead atoms. The van der Waals surface area contributed by atoms with Crippen LogP contribution >= 0.6 is 7.82 Å². The van der Waals surface area contributed by atoms with Crippen LogP contribution < -0.4 is 15.8 Å². The van der Waals surface area contributed by atoms with Gasteiger partial charge in [-0.05, 0) is 12.5 Å². The highest BCUT2D eigenvalue weighted by atomic mass is 31.2. The summed E-state index contributed by atoms with van der Waals surface area (Å²) in [5, 5.41) is 9.58. The van der Waals surface area contributed by atoms with Gasteiger partial charge < -0.3 is 20.1 Å². The molecule has 13 heteroatoms. The summed E-state index contributed by atoms with van der Waals surface area (Å²) in [6, 6.07) is 5.49. The summed E-state index contributed by atoms with van der Waals surface area (Å²) >= 11 is 0. The van der Waals surface area contributed by atoms with Crippen molar-refractivity contribution < 1.29 is 28.0 Å². The zero-order chi connectivity index (χ0) is 21.3. The Morgan fingerprint density at radius 1 is 1.47 bits per heavy atom. The number of nitrogen functional groups attached to an aromatic ring is 1. The Morgan fingerprint density at radius 2 is 2.30 bits per heavy atom. The van der Waals surface area contributed by atoms with Gasteiger partial charge in [0.25, 0.3) is 5.56 Å². The molecule has 0 aliphatic carbocycles. The van der Waals surface area contributed by atoms with Crippen LogP contribution in [0.15, 0.2) is 29.3 Å². The maximum atomic E-state index is 12.8. The summed E-state index contributed by atoms with van der Waals surface area (Å²) in [6.45, 7) is 1.14. The highest BCUT2D eigenvalue weighted by Crippen LogP contribution is 2.55. The van der Waals surface area contributed by atoms with Crippen LogP contribution in [-0.2, 0) is 31.7 Å². The molecule has 2 atom stereocenters. The topological polar surface area (TPSA) is 164 Å². The molecule has 0 amide bonds. The van der Waals surface area contributed by atoms with Gasteiger partial charge in [-0.1, -0.05) is 18.2 Å². The number of H-pyrrole nitrogens is 1. The summed E-state index contributed by atoms with van der Waals surface area (Å²) in [5.41, 5.74) is 7.00. The number of fused-ring (bicyclic) bond motifs is 2. The van der Waals surface area contributed by atoms with Crippen molar-refractivity contribution >= 4 is 24.9 Å². The lowest BCUT2D eigenvalue weighted by Crippen LogP contribution is -2.26. The van der Waals surface area contributed by atoms with E-state index in [9.17, 15) is 14.5 Å². The summed E-state index contributed by atoms with van der Waals surface area (Å²) in [5.74, 6) is 0.406. The van der Waals surface area contributed by atoms with Crippen LogP contribution in [-0.4, -0.2) is 43.9 Å². The Morgan fingerprint density at radius 3 is 3.10 bits per heavy atom. The van der Waals surface area contributed by atoms with Gasteiger partial charge in [0.15, 0.2) is 11.2 Å². The molecular weight excluding hydrogens is 417 g/mol. The molecule has 0 saturated heterocycles. The van der Waals surface area contributed by atoms with Gasteiger partial charge in [0.1, 0.15) is 18.6 Å². The average molecular weight is 437 g/mol. The van der Waals surface area contributed by atoms with Crippen molar-refractivity contribution in [3.63, 3.8) is 0 Å². The number of ether oxygens (including phenoxy) is 1. The Balaban J connectivity index is 1.40. The van der Waals surface area contributed by atoms with E-state index in [1.54, 1.807) is 0 Å². The number of phosphoric ester groups is 1. The summed E-state index contributed by atoms with van der Waals surface area (Å²) in [6.07, 6.45) is 0.509. The van der Waals surface area contributed by atoms with Gasteiger partial charge in [-0.3, -0.25) is 23.4 Å². The molecule has 4 rings (SSSR count). The van der Waals surface area contributed by atoms with Gasteiger partial charge in [0.2, 0.25) is 5.95 Å². The van der Waals surface area contributed by atoms with Crippen molar-refractivity contribution in [3.8, 4) is 5.75 Å². The molecule has 0 radical (unpaired) electrons. The number of hydrogen-bond donors (Lipinski definition) is 3. The third kappa shape index (κ3) is 4.09. The predicted molar refractivity (Wildman–Crippen MR) is 105 cm³/mol. The molecule has 0 spiro atoms. The molecule has 0 saturated carbocycles. The van der Waals surface area contributed by atoms with E-state index >= 15 is 0 Å². The molecule has 1 aliphatic heterocycles. The van der Waals surface area contributed by atoms with Crippen molar-refractivity contribution in [3.05, 3.63) is 46.0 Å². The van der Waals surface area contributed by atoms with Gasteiger partial charge in [0.05, 0.1) is 26.1 Å². The van der Waals surface area contributed by atoms with Crippen LogP contribution in [0.1, 0.15) is 11.1 Å². The first-order chi connectivity index (χ1) is 14.4. The quantitative estimate of drug-likeness (QED) is 0.456. The zero-order valence-corrected chi connectivity index (χ0v) is 16.9. The van der Waals surface area contributed by atoms with Crippen LogP contribution in [0.3, 0.4) is 0 Å². The fourth-order valence-corrected chi connectivity index (χ4v) is 4.20. The van der Waals surface area contributed by atoms with E-state index in [4.69, 9.17) is 24.0 Å². The third-order valence-electron chi connectivity index (χ3n) is 4.44. The molecular formula is C17H20N5O7P. The number of benzene rings is 1. The highest BCUT2D eigenvalue weighted by molar-refractivity contribution is 7.49. The molecule has 1 aliphatic rings. The normalized spacial score (nSPS) is 19.4. The number of aliphatic hydroxyl groups is 1. The summed E-state index contributed by atoms with van der Waals surface area (Å²) in [7, 11) is -3.86. The largest absolute Gasteiger partial charge is 0.530 e. The summed E-state index contributed by atoms with van der Waals surface area (Å²) in [4.78, 5) is 22.2. The Kier molecular flexibility index (Phi) is 5.58. The fraction of sp³-hybridized carbons (Fsp3) is 0.353. The maximum Gasteiger partial charge on any atom is 0.530 e. The zero-order valence-electron chi connectivity index (χ0n) is 16.0. The molecule has 4 N–H and O–H groups in total. The highest BCUT2D eigenvalue weighted by Gasteiger charge is 2.35. The maximum absolute atomic E-state index is 12.8. The second-order valence-electron chi connectivity index (χ2n) is 6.61. The van der Waals surface area contributed by atoms with Crippen LogP contribution in [0.5, 0.6) is 5.75 Å². The SMILES string of the molecule is Cc1cccc2c1O[P@@](=O)(OCC(CO)OCn1cnc3c(=O)[nH]c(N)nc31)OC2. The predicted octanol–water partition coefficient (Wildman–Crippen LogP) is 1.08. The van der Waals surface area contributed by atoms with Crippen molar-refractivity contribution in [2.24, 2.45) is 0 Å². The minimum atomic E-state index is -3.86. The van der Waals surface area contributed by atoms with Crippen molar-refractivity contribution in [2.75, 3.05) is 18.9 Å². The number of nitrogens with zero attached hydrogens (tertiary/aromatic N) is 3. The Hall–Kier alpha value is -2.76. The second kappa shape index (κ2) is 8.17. The number of aromatic nitrogens is 4. The molecule has 3 heterocycles. The number of phosphoric acid groups is 1. The molecule has 2 aromatic heterocycles. The first-order valence-corrected chi connectivity index (χ1v) is 10.4. The number of rotatable bonds is 7. The molecule has 1 aromatic carbocycles. The lowest BCUT2D eigenvalue weighted by molar-refractivity contribution is -0.0496. The number of imidazole rings is 1. The average Bonchev–Trinajstić information content (AvgIpc) is 3.12. The number of aryl methyl sites for hydroxylation is 1. The molecule has 3 aromatic rings. The molecule has 160 valence electrons. The standard InChI is InChI=1S/C17H20N5O7P/c1-10-3-2-4-11-6-27-30(25,29-14(10)11)28-7-12(5-23)26-9-22-8-19-13-15(22)20-17(18)21-16(13)24/h2-4,8,12,23H,5-7,9H2,1H3,(H3,18,20,21,24)/t12?,30-/m1/s1. The molecule has 1 unspecified atom stereocenters. The minimum Gasteiger partial charge on any atom is -0.403 e. The smallest absolute Gasteiger partial charge is 0.403 e. The number of aromatic amines is 1. The van der Waals surface area contributed by atoms with E-state index in [2.05, 4.69) is 15.0 Å². The van der Waals surface area contributed by atoms with Crippen molar-refractivity contribution in [1.82, 2.24) is 19.5 Å². The van der Waals surface area contributed by atoms with Crippen LogP contribution in [0.2, 0.25) is 0 Å². The number of nitrogens with one attached hydrogen (secondary N) is 1.